The lowest BCUT2D eigenvalue weighted by Gasteiger charge is -2.55. The number of phenolic OH excluding ortho intramolecular Hbond substituents is 1. The number of carbonyl (C=O) groups is 3. The van der Waals surface area contributed by atoms with Gasteiger partial charge in [-0.1, -0.05) is 66.7 Å². The molecular weight excluding hydrogens is 570 g/mol. The van der Waals surface area contributed by atoms with Crippen LogP contribution in [0.2, 0.25) is 0 Å². The maximum atomic E-state index is 14.1. The summed E-state index contributed by atoms with van der Waals surface area (Å²) in [5.74, 6) is -0.928. The third-order valence-electron chi connectivity index (χ3n) is 7.81. The first-order chi connectivity index (χ1) is 21.2. The van der Waals surface area contributed by atoms with Crippen LogP contribution in [0.1, 0.15) is 23.1 Å². The molecule has 9 nitrogen and oxygen atoms in total. The molecule has 0 unspecified atom stereocenters. The van der Waals surface area contributed by atoms with E-state index in [4.69, 9.17) is 4.74 Å². The maximum absolute atomic E-state index is 14.1. The normalized spacial score (nSPS) is 18.8. The van der Waals surface area contributed by atoms with Crippen molar-refractivity contribution in [3.63, 3.8) is 0 Å². The molecule has 11 heteroatoms. The molecule has 2 fully saturated rings. The maximum Gasteiger partial charge on any atom is 0.387 e. The number of benzene rings is 3. The number of piperazine rings is 1. The number of amides is 3. The standard InChI is InChI=1S/C33H34F2N4O5/c1-2-18-37-22-31(42)38-27(19-24-12-15-26(40)16-13-24)32(43)36(20-25-10-6-7-11-28(25)44-33(34)35)21-29(38)39(37)30(41)17-14-23-8-4-3-5-9-23/h2-13,15-16,27,29,33,40H,1,14,17-22H2/t27-,29-/m0/s1. The number of hydrogen-bond donors (Lipinski definition) is 1. The van der Waals surface area contributed by atoms with Gasteiger partial charge in [-0.15, -0.1) is 6.58 Å². The quantitative estimate of drug-likeness (QED) is 0.333. The molecular formula is C33H34F2N4O5. The Bertz CT molecular complexity index is 1490. The summed E-state index contributed by atoms with van der Waals surface area (Å²) in [5.41, 5.74) is 2.05. The fourth-order valence-electron chi connectivity index (χ4n) is 5.82. The van der Waals surface area contributed by atoms with Crippen molar-refractivity contribution >= 4 is 17.7 Å². The van der Waals surface area contributed by atoms with Crippen LogP contribution in [0.4, 0.5) is 8.78 Å². The minimum atomic E-state index is -3.05. The van der Waals surface area contributed by atoms with Crippen LogP contribution in [0.25, 0.3) is 0 Å². The highest BCUT2D eigenvalue weighted by Gasteiger charge is 2.51. The van der Waals surface area contributed by atoms with Crippen molar-refractivity contribution in [2.24, 2.45) is 0 Å². The van der Waals surface area contributed by atoms with Gasteiger partial charge in [0.1, 0.15) is 23.7 Å². The zero-order valence-corrected chi connectivity index (χ0v) is 24.1. The largest absolute Gasteiger partial charge is 0.508 e. The van der Waals surface area contributed by atoms with Crippen LogP contribution >= 0.6 is 0 Å². The second-order valence-electron chi connectivity index (χ2n) is 10.7. The minimum absolute atomic E-state index is 0.0373. The summed E-state index contributed by atoms with van der Waals surface area (Å²) in [6.45, 7) is 0.755. The molecule has 5 rings (SSSR count). The Morgan fingerprint density at radius 3 is 2.41 bits per heavy atom. The van der Waals surface area contributed by atoms with E-state index in [1.54, 1.807) is 46.4 Å². The summed E-state index contributed by atoms with van der Waals surface area (Å²) in [7, 11) is 0. The monoisotopic (exact) mass is 604 g/mol. The van der Waals surface area contributed by atoms with Gasteiger partial charge in [0.25, 0.3) is 0 Å². The lowest BCUT2D eigenvalue weighted by molar-refractivity contribution is -0.205. The molecule has 3 aromatic carbocycles. The predicted molar refractivity (Wildman–Crippen MR) is 158 cm³/mol. The van der Waals surface area contributed by atoms with Crippen molar-refractivity contribution in [1.29, 1.82) is 0 Å². The summed E-state index contributed by atoms with van der Waals surface area (Å²) in [4.78, 5) is 44.7. The van der Waals surface area contributed by atoms with Gasteiger partial charge in [0.2, 0.25) is 17.7 Å². The summed E-state index contributed by atoms with van der Waals surface area (Å²) < 4.78 is 31.1. The summed E-state index contributed by atoms with van der Waals surface area (Å²) in [6.07, 6.45) is 1.54. The molecule has 3 amide bonds. The molecule has 0 spiro atoms. The molecule has 2 heterocycles. The second kappa shape index (κ2) is 13.7. The van der Waals surface area contributed by atoms with Gasteiger partial charge in [0.15, 0.2) is 0 Å². The van der Waals surface area contributed by atoms with Gasteiger partial charge >= 0.3 is 6.61 Å². The molecule has 2 saturated heterocycles. The molecule has 0 bridgehead atoms. The van der Waals surface area contributed by atoms with E-state index < -0.39 is 18.8 Å². The van der Waals surface area contributed by atoms with Crippen molar-refractivity contribution in [2.75, 3.05) is 19.6 Å². The van der Waals surface area contributed by atoms with Gasteiger partial charge < -0.3 is 19.6 Å². The number of halogens is 2. The molecule has 0 radical (unpaired) electrons. The van der Waals surface area contributed by atoms with E-state index in [1.165, 1.54) is 28.0 Å². The van der Waals surface area contributed by atoms with Gasteiger partial charge in [-0.25, -0.2) is 10.0 Å². The summed E-state index contributed by atoms with van der Waals surface area (Å²) in [5, 5.41) is 13.0. The number of para-hydroxylation sites is 1. The van der Waals surface area contributed by atoms with Crippen LogP contribution < -0.4 is 4.74 Å². The lowest BCUT2D eigenvalue weighted by Crippen LogP contribution is -2.75. The Morgan fingerprint density at radius 1 is 1.00 bits per heavy atom. The highest BCUT2D eigenvalue weighted by atomic mass is 19.3. The average molecular weight is 605 g/mol. The van der Waals surface area contributed by atoms with Gasteiger partial charge in [-0.05, 0) is 35.7 Å². The zero-order chi connectivity index (χ0) is 31.2. The van der Waals surface area contributed by atoms with Crippen molar-refractivity contribution in [3.8, 4) is 11.5 Å². The van der Waals surface area contributed by atoms with E-state index in [1.807, 2.05) is 30.3 Å². The number of carbonyl (C=O) groups excluding carboxylic acids is 3. The van der Waals surface area contributed by atoms with Crippen LogP contribution in [0.3, 0.4) is 0 Å². The van der Waals surface area contributed by atoms with Gasteiger partial charge in [-0.2, -0.15) is 8.78 Å². The van der Waals surface area contributed by atoms with Crippen molar-refractivity contribution in [3.05, 3.63) is 108 Å². The van der Waals surface area contributed by atoms with E-state index >= 15 is 0 Å². The molecule has 230 valence electrons. The second-order valence-corrected chi connectivity index (χ2v) is 10.7. The summed E-state index contributed by atoms with van der Waals surface area (Å²) >= 11 is 0. The first-order valence-electron chi connectivity index (χ1n) is 14.4. The minimum Gasteiger partial charge on any atom is -0.508 e. The van der Waals surface area contributed by atoms with E-state index in [9.17, 15) is 28.3 Å². The number of aromatic hydroxyl groups is 1. The first-order valence-corrected chi connectivity index (χ1v) is 14.4. The summed E-state index contributed by atoms with van der Waals surface area (Å²) in [6, 6.07) is 21.2. The highest BCUT2D eigenvalue weighted by molar-refractivity contribution is 5.92. The van der Waals surface area contributed by atoms with Crippen LogP contribution in [0.5, 0.6) is 11.5 Å². The van der Waals surface area contributed by atoms with Gasteiger partial charge in [0.05, 0.1) is 13.1 Å². The molecule has 0 saturated carbocycles. The number of phenols is 1. The Morgan fingerprint density at radius 2 is 1.70 bits per heavy atom. The van der Waals surface area contributed by atoms with Gasteiger partial charge in [0, 0.05) is 31.5 Å². The topological polar surface area (TPSA) is 93.6 Å². The number of nitrogens with zero attached hydrogens (tertiary/aromatic N) is 4. The molecule has 2 aliphatic heterocycles. The number of hydrogen-bond acceptors (Lipinski definition) is 6. The highest BCUT2D eigenvalue weighted by Crippen LogP contribution is 2.31. The van der Waals surface area contributed by atoms with E-state index in [2.05, 4.69) is 6.58 Å². The smallest absolute Gasteiger partial charge is 0.387 e. The van der Waals surface area contributed by atoms with E-state index in [-0.39, 0.29) is 68.2 Å². The van der Waals surface area contributed by atoms with Crippen molar-refractivity contribution in [1.82, 2.24) is 19.8 Å². The number of fused-ring (bicyclic) bond motifs is 1. The molecule has 0 aliphatic carbocycles. The predicted octanol–water partition coefficient (Wildman–Crippen LogP) is 3.98. The molecule has 2 aliphatic rings. The third kappa shape index (κ3) is 6.89. The molecule has 1 N–H and O–H groups in total. The van der Waals surface area contributed by atoms with E-state index in [0.29, 0.717) is 17.5 Å². The SMILES string of the molecule is C=CCN1CC(=O)N2[C@@H](Cc3ccc(O)cc3)C(=O)N(Cc3ccccc3OC(F)F)C[C@@H]2N1C(=O)CCc1ccccc1. The Labute approximate surface area is 254 Å². The number of alkyl halides is 2. The Kier molecular flexibility index (Phi) is 9.54. The fourth-order valence-corrected chi connectivity index (χ4v) is 5.82. The number of ether oxygens (including phenoxy) is 1. The van der Waals surface area contributed by atoms with Crippen LogP contribution in [0.15, 0.2) is 91.5 Å². The zero-order valence-electron chi connectivity index (χ0n) is 24.1. The Hall–Kier alpha value is -4.77. The van der Waals surface area contributed by atoms with Crippen molar-refractivity contribution in [2.45, 2.75) is 44.6 Å². The molecule has 44 heavy (non-hydrogen) atoms. The molecule has 3 aromatic rings. The Balaban J connectivity index is 1.51. The number of rotatable bonds is 11. The van der Waals surface area contributed by atoms with Crippen molar-refractivity contribution < 1.29 is 33.0 Å². The number of aryl methyl sites for hydroxylation is 1. The molecule has 0 aromatic heterocycles. The van der Waals surface area contributed by atoms with Crippen LogP contribution in [-0.2, 0) is 33.8 Å². The lowest BCUT2D eigenvalue weighted by atomic mass is 9.98. The van der Waals surface area contributed by atoms with Crippen LogP contribution in [-0.4, -0.2) is 81.1 Å². The first kappa shape index (κ1) is 30.7. The number of hydrazine groups is 1. The third-order valence-corrected chi connectivity index (χ3v) is 7.81. The van der Waals surface area contributed by atoms with E-state index in [0.717, 1.165) is 5.56 Å². The molecule has 2 atom stereocenters. The average Bonchev–Trinajstić information content (AvgIpc) is 3.00. The fraction of sp³-hybridized carbons (Fsp3) is 0.303. The van der Waals surface area contributed by atoms with Gasteiger partial charge in [-0.3, -0.25) is 14.4 Å². The van der Waals surface area contributed by atoms with Crippen LogP contribution in [0, 0.1) is 0 Å².